The molecule has 4 aliphatic rings. The van der Waals surface area contributed by atoms with E-state index < -0.39 is 46.8 Å². The third-order valence-electron chi connectivity index (χ3n) is 11.1. The van der Waals surface area contributed by atoms with Gasteiger partial charge in [-0.05, 0) is 85.3 Å². The summed E-state index contributed by atoms with van der Waals surface area (Å²) in [6, 6.07) is 26.4. The molecule has 2 heterocycles. The Morgan fingerprint density at radius 1 is 0.863 bits per heavy atom. The Labute approximate surface area is 304 Å². The van der Waals surface area contributed by atoms with Gasteiger partial charge in [0.2, 0.25) is 11.8 Å². The van der Waals surface area contributed by atoms with Crippen molar-refractivity contribution in [1.82, 2.24) is 5.01 Å². The summed E-state index contributed by atoms with van der Waals surface area (Å²) in [4.78, 5) is 59.7. The molecule has 2 aliphatic heterocycles. The minimum atomic E-state index is -1.49. The van der Waals surface area contributed by atoms with Crippen LogP contribution in [0, 0.1) is 30.6 Å². The first-order chi connectivity index (χ1) is 24.6. The number of phenols is 1. The minimum Gasteiger partial charge on any atom is -0.503 e. The smallest absolute Gasteiger partial charge is 0.260 e. The summed E-state index contributed by atoms with van der Waals surface area (Å²) in [5.74, 6) is -5.52. The van der Waals surface area contributed by atoms with Gasteiger partial charge in [-0.2, -0.15) is 5.01 Å². The maximum Gasteiger partial charge on any atom is 0.260 e. The van der Waals surface area contributed by atoms with Crippen LogP contribution < -0.4 is 15.1 Å². The monoisotopic (exact) mass is 721 g/mol. The number of fused-ring (bicyclic) bond motifs is 4. The number of imide groups is 2. The molecule has 0 spiro atoms. The van der Waals surface area contributed by atoms with E-state index in [1.54, 1.807) is 48.5 Å². The van der Waals surface area contributed by atoms with Gasteiger partial charge in [-0.15, -0.1) is 0 Å². The molecule has 1 saturated carbocycles. The number of phenolic OH excluding ortho intramolecular Hbond substituents is 1. The van der Waals surface area contributed by atoms with Crippen molar-refractivity contribution in [3.63, 3.8) is 0 Å². The van der Waals surface area contributed by atoms with Gasteiger partial charge in [0.15, 0.2) is 11.5 Å². The first-order valence-electron chi connectivity index (χ1n) is 16.7. The van der Waals surface area contributed by atoms with E-state index in [1.807, 2.05) is 55.5 Å². The van der Waals surface area contributed by atoms with Gasteiger partial charge in [0.05, 0.1) is 46.7 Å². The number of carbonyl (C=O) groups excluding carboxylic acids is 4. The molecule has 0 bridgehead atoms. The third kappa shape index (κ3) is 4.89. The van der Waals surface area contributed by atoms with Crippen molar-refractivity contribution >= 4 is 58.2 Å². The van der Waals surface area contributed by atoms with E-state index in [0.29, 0.717) is 27.5 Å². The molecule has 9 nitrogen and oxygen atoms in total. The van der Waals surface area contributed by atoms with E-state index in [4.69, 9.17) is 27.9 Å². The maximum absolute atomic E-state index is 15.3. The molecule has 4 aromatic rings. The predicted molar refractivity (Wildman–Crippen MR) is 192 cm³/mol. The number of methoxy groups -OCH3 is 1. The molecule has 8 rings (SSSR count). The first kappa shape index (κ1) is 33.0. The summed E-state index contributed by atoms with van der Waals surface area (Å²) in [5.41, 5.74) is 5.51. The van der Waals surface area contributed by atoms with Crippen LogP contribution in [0.5, 0.6) is 11.5 Å². The fourth-order valence-corrected chi connectivity index (χ4v) is 9.23. The number of benzene rings is 4. The Morgan fingerprint density at radius 3 is 2.25 bits per heavy atom. The Balaban J connectivity index is 1.34. The maximum atomic E-state index is 15.3. The van der Waals surface area contributed by atoms with Crippen LogP contribution in [-0.2, 0) is 24.6 Å². The number of halogens is 2. The van der Waals surface area contributed by atoms with Gasteiger partial charge in [-0.25, -0.2) is 0 Å². The van der Waals surface area contributed by atoms with Crippen LogP contribution in [0.25, 0.3) is 0 Å². The summed E-state index contributed by atoms with van der Waals surface area (Å²) in [7, 11) is 1.41. The van der Waals surface area contributed by atoms with Gasteiger partial charge in [0.25, 0.3) is 11.8 Å². The SMILES string of the molecule is COc1cc(C2C3=CCC4C(=O)N(c5ccc(Cl)cc5)C(=O)C4C3CC3C(=O)N(Nc4ccc(C)cc4)C(=O)C32c2ccccc2)cc(Cl)c1O. The molecule has 0 aromatic heterocycles. The van der Waals surface area contributed by atoms with Crippen LogP contribution in [0.3, 0.4) is 0 Å². The van der Waals surface area contributed by atoms with Gasteiger partial charge in [-0.3, -0.25) is 29.5 Å². The van der Waals surface area contributed by atoms with Crippen LogP contribution in [-0.4, -0.2) is 40.9 Å². The Morgan fingerprint density at radius 2 is 1.57 bits per heavy atom. The molecule has 4 amide bonds. The highest BCUT2D eigenvalue weighted by molar-refractivity contribution is 6.32. The number of amides is 4. The number of hydrogen-bond donors (Lipinski definition) is 2. The molecule has 6 atom stereocenters. The van der Waals surface area contributed by atoms with Gasteiger partial charge in [0, 0.05) is 10.9 Å². The number of aryl methyl sites for hydroxylation is 1. The lowest BCUT2D eigenvalue weighted by molar-refractivity contribution is -0.138. The van der Waals surface area contributed by atoms with Crippen molar-refractivity contribution in [2.45, 2.75) is 31.1 Å². The van der Waals surface area contributed by atoms with E-state index >= 15 is 4.79 Å². The van der Waals surface area contributed by atoms with E-state index in [2.05, 4.69) is 5.43 Å². The zero-order valence-electron chi connectivity index (χ0n) is 27.7. The topological polar surface area (TPSA) is 116 Å². The fourth-order valence-electron chi connectivity index (χ4n) is 8.88. The van der Waals surface area contributed by atoms with E-state index in [9.17, 15) is 19.5 Å². The molecule has 2 N–H and O–H groups in total. The third-order valence-corrected chi connectivity index (χ3v) is 11.6. The van der Waals surface area contributed by atoms with Crippen LogP contribution in [0.4, 0.5) is 11.4 Å². The lowest BCUT2D eigenvalue weighted by atomic mass is 9.49. The highest BCUT2D eigenvalue weighted by atomic mass is 35.5. The molecule has 2 saturated heterocycles. The molecule has 6 unspecified atom stereocenters. The number of nitrogens with one attached hydrogen (secondary N) is 1. The molecular formula is C40H33Cl2N3O6. The molecule has 0 radical (unpaired) electrons. The molecular weight excluding hydrogens is 689 g/mol. The number of ether oxygens (including phenoxy) is 1. The van der Waals surface area contributed by atoms with Crippen molar-refractivity contribution in [1.29, 1.82) is 0 Å². The molecule has 51 heavy (non-hydrogen) atoms. The summed E-state index contributed by atoms with van der Waals surface area (Å²) < 4.78 is 5.53. The summed E-state index contributed by atoms with van der Waals surface area (Å²) >= 11 is 12.8. The lowest BCUT2D eigenvalue weighted by Crippen LogP contribution is -2.53. The van der Waals surface area contributed by atoms with Crippen LogP contribution >= 0.6 is 23.2 Å². The molecule has 4 aromatic carbocycles. The zero-order valence-corrected chi connectivity index (χ0v) is 29.2. The van der Waals surface area contributed by atoms with Crippen molar-refractivity contribution in [3.05, 3.63) is 129 Å². The first-order valence-corrected chi connectivity index (χ1v) is 17.5. The van der Waals surface area contributed by atoms with Crippen LogP contribution in [0.15, 0.2) is 103 Å². The van der Waals surface area contributed by atoms with Crippen molar-refractivity contribution in [3.8, 4) is 11.5 Å². The summed E-state index contributed by atoms with van der Waals surface area (Å²) in [6.45, 7) is 1.95. The second kappa shape index (κ2) is 12.3. The highest BCUT2D eigenvalue weighted by Crippen LogP contribution is 2.64. The number of carbonyl (C=O) groups is 4. The fraction of sp³-hybridized carbons (Fsp3) is 0.250. The van der Waals surface area contributed by atoms with Gasteiger partial charge < -0.3 is 9.84 Å². The number of hydrazine groups is 1. The lowest BCUT2D eigenvalue weighted by Gasteiger charge is -2.50. The molecule has 3 fully saturated rings. The van der Waals surface area contributed by atoms with Gasteiger partial charge in [0.1, 0.15) is 0 Å². The Kier molecular flexibility index (Phi) is 7.96. The largest absolute Gasteiger partial charge is 0.503 e. The normalized spacial score (nSPS) is 26.8. The standard InChI is InChI=1S/C40H33Cl2N3O6/c1-21-8-12-25(13-9-21)43-45-37(48)30-20-29-27(16-17-28-33(29)38(49)44(36(28)47)26-14-10-24(41)11-15-26)34(22-18-31(42)35(46)32(19-22)51-2)40(30,39(45)50)23-6-4-3-5-7-23/h3-16,18-19,28-30,33-34,43,46H,17,20H2,1-2H3. The summed E-state index contributed by atoms with van der Waals surface area (Å²) in [6.07, 6.45) is 2.37. The van der Waals surface area contributed by atoms with Gasteiger partial charge >= 0.3 is 0 Å². The Hall–Kier alpha value is -5.12. The van der Waals surface area contributed by atoms with E-state index in [1.165, 1.54) is 12.0 Å². The van der Waals surface area contributed by atoms with E-state index in [-0.39, 0.29) is 41.2 Å². The Bertz CT molecular complexity index is 2140. The molecule has 11 heteroatoms. The highest BCUT2D eigenvalue weighted by Gasteiger charge is 2.70. The number of rotatable bonds is 6. The van der Waals surface area contributed by atoms with Crippen molar-refractivity contribution in [2.24, 2.45) is 23.7 Å². The number of aromatic hydroxyl groups is 1. The summed E-state index contributed by atoms with van der Waals surface area (Å²) in [5, 5.41) is 12.4. The number of hydrogen-bond acceptors (Lipinski definition) is 7. The van der Waals surface area contributed by atoms with Gasteiger partial charge in [-0.1, -0.05) is 82.9 Å². The quantitative estimate of drug-likeness (QED) is 0.160. The predicted octanol–water partition coefficient (Wildman–Crippen LogP) is 7.21. The van der Waals surface area contributed by atoms with Crippen molar-refractivity contribution < 1.29 is 29.0 Å². The van der Waals surface area contributed by atoms with Crippen molar-refractivity contribution in [2.75, 3.05) is 17.4 Å². The van der Waals surface area contributed by atoms with Crippen LogP contribution in [0.2, 0.25) is 10.0 Å². The second-order valence-electron chi connectivity index (χ2n) is 13.6. The molecule has 258 valence electrons. The average Bonchev–Trinajstić information content (AvgIpc) is 3.51. The number of anilines is 2. The average molecular weight is 723 g/mol. The molecule has 2 aliphatic carbocycles. The van der Waals surface area contributed by atoms with E-state index in [0.717, 1.165) is 16.1 Å². The zero-order chi connectivity index (χ0) is 35.8. The van der Waals surface area contributed by atoms with Crippen LogP contribution in [0.1, 0.15) is 35.4 Å². The minimum absolute atomic E-state index is 0.00737. The number of nitrogens with zero attached hydrogens (tertiary/aromatic N) is 2. The number of allylic oxidation sites excluding steroid dienone is 2. The second-order valence-corrected chi connectivity index (χ2v) is 14.5.